The maximum atomic E-state index is 13.8. The molecular weight excluding hydrogens is 817 g/mol. The van der Waals surface area contributed by atoms with Gasteiger partial charge in [-0.1, -0.05) is 52.7 Å². The number of carbonyl (C=O) groups excluding carboxylic acids is 4. The van der Waals surface area contributed by atoms with Crippen molar-refractivity contribution in [3.8, 4) is 45.1 Å². The van der Waals surface area contributed by atoms with Crippen LogP contribution in [0.4, 0.5) is 9.59 Å². The number of benzene rings is 2. The van der Waals surface area contributed by atoms with Crippen LogP contribution in [0.3, 0.4) is 0 Å². The molecule has 4 N–H and O–H groups in total. The fraction of sp³-hybridized carbons (Fsp3) is 0.542. The molecule has 16 heteroatoms. The van der Waals surface area contributed by atoms with Crippen LogP contribution >= 0.6 is 0 Å². The smallest absolute Gasteiger partial charge is 0.407 e. The van der Waals surface area contributed by atoms with Gasteiger partial charge in [0.05, 0.1) is 63.3 Å². The Kier molecular flexibility index (Phi) is 13.5. The lowest BCUT2D eigenvalue weighted by molar-refractivity contribution is -0.136. The first-order valence-corrected chi connectivity index (χ1v) is 22.9. The van der Waals surface area contributed by atoms with Crippen LogP contribution in [0.5, 0.6) is 11.5 Å². The molecule has 2 aromatic carbocycles. The van der Waals surface area contributed by atoms with Crippen molar-refractivity contribution >= 4 is 24.0 Å². The van der Waals surface area contributed by atoms with E-state index in [9.17, 15) is 19.2 Å². The molecule has 6 atom stereocenters. The number of methoxy groups -OCH3 is 2. The predicted molar refractivity (Wildman–Crippen MR) is 239 cm³/mol. The first kappa shape index (κ1) is 44.5. The van der Waals surface area contributed by atoms with Crippen LogP contribution in [0.1, 0.15) is 103 Å². The van der Waals surface area contributed by atoms with Gasteiger partial charge < -0.3 is 49.3 Å². The van der Waals surface area contributed by atoms with Gasteiger partial charge in [-0.05, 0) is 86.5 Å². The van der Waals surface area contributed by atoms with Gasteiger partial charge in [-0.3, -0.25) is 9.59 Å². The van der Waals surface area contributed by atoms with Crippen molar-refractivity contribution in [2.45, 2.75) is 103 Å². The number of likely N-dealkylation sites (tertiary alicyclic amines) is 2. The van der Waals surface area contributed by atoms with E-state index in [0.717, 1.165) is 83.7 Å². The molecule has 2 aromatic heterocycles. The van der Waals surface area contributed by atoms with Crippen LogP contribution < -0.4 is 20.1 Å². The average molecular weight is 879 g/mol. The first-order valence-electron chi connectivity index (χ1n) is 22.9. The summed E-state index contributed by atoms with van der Waals surface area (Å²) in [4.78, 5) is 72.1. The summed E-state index contributed by atoms with van der Waals surface area (Å²) in [6, 6.07) is 10.4. The number of nitrogens with zero attached hydrogens (tertiary/aromatic N) is 4. The quantitative estimate of drug-likeness (QED) is 0.122. The molecule has 64 heavy (non-hydrogen) atoms. The SMILES string of the molecule is COC(=O)NC(C(=O)N1CCC[C@H]1c1ncc(-c2ccc3c(c2)OCC2CCCCC2COc2cc(-c4cnc([C@@H]5CCCN5C(=O)C(NC(=O)OC)C(C)C)[nH]4)ccc2-3)[nH]1)C(C)C. The maximum Gasteiger partial charge on any atom is 0.407 e. The van der Waals surface area contributed by atoms with Gasteiger partial charge in [-0.2, -0.15) is 0 Å². The van der Waals surface area contributed by atoms with E-state index in [2.05, 4.69) is 57.0 Å². The molecule has 3 fully saturated rings. The van der Waals surface area contributed by atoms with Gasteiger partial charge in [0.1, 0.15) is 35.2 Å². The number of carbonyl (C=O) groups is 4. The van der Waals surface area contributed by atoms with Crippen LogP contribution in [-0.4, -0.2) is 106 Å². The zero-order valence-electron chi connectivity index (χ0n) is 37.8. The van der Waals surface area contributed by atoms with Gasteiger partial charge in [0.15, 0.2) is 0 Å². The molecule has 0 bridgehead atoms. The summed E-state index contributed by atoms with van der Waals surface area (Å²) >= 11 is 0. The molecule has 4 aromatic rings. The standard InChI is InChI=1S/C48H62N8O8/c1-27(2)41(53-47(59)61-5)45(57)55-19-9-13-37(55)43-49-23-35(51-43)29-15-17-33-34-18-16-30(22-40(34)64-26-32-12-8-7-11-31(32)25-63-39(33)21-29)36-24-50-44(52-36)38-14-10-20-56(38)46(58)42(28(3)4)54-48(60)62-6/h15-18,21-24,27-28,31-32,37-38,41-42H,7-14,19-20,25-26H2,1-6H3,(H,49,51)(H,50,52)(H,53,59)(H,54,60)/t31?,32?,37-,38-,41?,42?/m0/s1. The topological polar surface area (TPSA) is 193 Å². The van der Waals surface area contributed by atoms with Gasteiger partial charge in [0.2, 0.25) is 11.8 Å². The van der Waals surface area contributed by atoms with E-state index in [1.54, 1.807) is 0 Å². The van der Waals surface area contributed by atoms with Gasteiger partial charge >= 0.3 is 12.2 Å². The number of aromatic amines is 2. The minimum absolute atomic E-state index is 0.129. The summed E-state index contributed by atoms with van der Waals surface area (Å²) in [6.45, 7) is 9.95. The minimum atomic E-state index is -0.716. The molecule has 4 unspecified atom stereocenters. The Morgan fingerprint density at radius 1 is 0.641 bits per heavy atom. The Balaban J connectivity index is 1.07. The molecule has 342 valence electrons. The van der Waals surface area contributed by atoms with Crippen LogP contribution in [-0.2, 0) is 19.1 Å². The average Bonchev–Trinajstić information content (AvgIpc) is 4.15. The van der Waals surface area contributed by atoms with E-state index in [0.29, 0.717) is 49.8 Å². The van der Waals surface area contributed by atoms with Crippen molar-refractivity contribution in [3.63, 3.8) is 0 Å². The molecule has 5 heterocycles. The van der Waals surface area contributed by atoms with Crippen molar-refractivity contribution < 1.29 is 38.1 Å². The second kappa shape index (κ2) is 19.4. The van der Waals surface area contributed by atoms with Crippen molar-refractivity contribution in [2.75, 3.05) is 40.5 Å². The molecular formula is C48H62N8O8. The summed E-state index contributed by atoms with van der Waals surface area (Å²) in [5.41, 5.74) is 5.26. The van der Waals surface area contributed by atoms with E-state index < -0.39 is 24.3 Å². The number of hydrogen-bond donors (Lipinski definition) is 4. The number of amides is 4. The largest absolute Gasteiger partial charge is 0.493 e. The fourth-order valence-electron chi connectivity index (χ4n) is 9.87. The van der Waals surface area contributed by atoms with E-state index in [4.69, 9.17) is 28.9 Å². The zero-order chi connectivity index (χ0) is 45.1. The second-order valence-electron chi connectivity index (χ2n) is 18.3. The number of hydrogen-bond acceptors (Lipinski definition) is 10. The number of rotatable bonds is 10. The van der Waals surface area contributed by atoms with Crippen molar-refractivity contribution in [2.24, 2.45) is 23.7 Å². The Bertz CT molecular complexity index is 2160. The number of aromatic nitrogens is 4. The minimum Gasteiger partial charge on any atom is -0.493 e. The lowest BCUT2D eigenvalue weighted by Gasteiger charge is -2.33. The van der Waals surface area contributed by atoms with Crippen molar-refractivity contribution in [1.29, 1.82) is 0 Å². The number of nitrogens with one attached hydrogen (secondary N) is 4. The summed E-state index contributed by atoms with van der Waals surface area (Å²) in [7, 11) is 2.59. The summed E-state index contributed by atoms with van der Waals surface area (Å²) in [6.07, 6.45) is 10.0. The number of fused-ring (bicyclic) bond motifs is 4. The lowest BCUT2D eigenvalue weighted by atomic mass is 9.80. The van der Waals surface area contributed by atoms with Crippen LogP contribution in [0.2, 0.25) is 0 Å². The van der Waals surface area contributed by atoms with Crippen molar-refractivity contribution in [1.82, 2.24) is 40.4 Å². The maximum absolute atomic E-state index is 13.8. The number of ether oxygens (including phenoxy) is 4. The Hall–Kier alpha value is -6.06. The van der Waals surface area contributed by atoms with E-state index in [1.165, 1.54) is 27.1 Å². The highest BCUT2D eigenvalue weighted by Gasteiger charge is 2.39. The number of imidazole rings is 2. The molecule has 8 rings (SSSR count). The highest BCUT2D eigenvalue weighted by molar-refractivity contribution is 5.87. The highest BCUT2D eigenvalue weighted by Crippen LogP contribution is 2.44. The van der Waals surface area contributed by atoms with Crippen LogP contribution in [0.25, 0.3) is 33.6 Å². The third-order valence-electron chi connectivity index (χ3n) is 13.5. The molecule has 4 amide bonds. The Labute approximate surface area is 374 Å². The molecule has 4 aliphatic rings. The highest BCUT2D eigenvalue weighted by atomic mass is 16.5. The molecule has 16 nitrogen and oxygen atoms in total. The fourth-order valence-corrected chi connectivity index (χ4v) is 9.87. The number of alkyl carbamates (subject to hydrolysis) is 2. The monoisotopic (exact) mass is 878 g/mol. The van der Waals surface area contributed by atoms with Gasteiger partial charge in [0, 0.05) is 35.3 Å². The Morgan fingerprint density at radius 2 is 1.06 bits per heavy atom. The molecule has 2 saturated heterocycles. The third-order valence-corrected chi connectivity index (χ3v) is 13.5. The van der Waals surface area contributed by atoms with Crippen LogP contribution in [0, 0.1) is 23.7 Å². The number of H-pyrrole nitrogens is 2. The molecule has 1 saturated carbocycles. The summed E-state index contributed by atoms with van der Waals surface area (Å²) in [5.74, 6) is 3.04. The van der Waals surface area contributed by atoms with E-state index in [1.807, 2.05) is 49.9 Å². The van der Waals surface area contributed by atoms with Gasteiger partial charge in [-0.25, -0.2) is 19.6 Å². The predicted octanol–water partition coefficient (Wildman–Crippen LogP) is 7.80. The Morgan fingerprint density at radius 3 is 1.45 bits per heavy atom. The van der Waals surface area contributed by atoms with Gasteiger partial charge in [-0.15, -0.1) is 0 Å². The zero-order valence-corrected chi connectivity index (χ0v) is 37.8. The molecule has 3 aliphatic heterocycles. The molecule has 1 aliphatic carbocycles. The molecule has 0 radical (unpaired) electrons. The van der Waals surface area contributed by atoms with Crippen molar-refractivity contribution in [3.05, 3.63) is 60.4 Å². The van der Waals surface area contributed by atoms with E-state index in [-0.39, 0.29) is 35.7 Å². The second-order valence-corrected chi connectivity index (χ2v) is 18.3. The third kappa shape index (κ3) is 9.27. The first-order chi connectivity index (χ1) is 30.9. The van der Waals surface area contributed by atoms with Gasteiger partial charge in [0.25, 0.3) is 0 Å². The van der Waals surface area contributed by atoms with Crippen LogP contribution in [0.15, 0.2) is 48.8 Å². The lowest BCUT2D eigenvalue weighted by Crippen LogP contribution is -2.51. The summed E-state index contributed by atoms with van der Waals surface area (Å²) < 4.78 is 23.2. The summed E-state index contributed by atoms with van der Waals surface area (Å²) in [5, 5.41) is 5.44. The van der Waals surface area contributed by atoms with E-state index >= 15 is 0 Å². The molecule has 0 spiro atoms. The normalized spacial score (nSPS) is 21.8.